The summed E-state index contributed by atoms with van der Waals surface area (Å²) < 4.78 is 5.86. The van der Waals surface area contributed by atoms with E-state index in [1.807, 2.05) is 6.92 Å². The van der Waals surface area contributed by atoms with Crippen LogP contribution in [-0.4, -0.2) is 43.8 Å². The maximum atomic E-state index is 6.20. The first-order valence-electron chi connectivity index (χ1n) is 8.46. The van der Waals surface area contributed by atoms with Gasteiger partial charge in [0.1, 0.15) is 10.8 Å². The van der Waals surface area contributed by atoms with Crippen molar-refractivity contribution in [2.75, 3.05) is 18.0 Å². The lowest BCUT2D eigenvalue weighted by Gasteiger charge is -2.37. The molecule has 0 amide bonds. The molecule has 8 nitrogen and oxygen atoms in total. The number of nitrogens with one attached hydrogen (secondary N) is 1. The Bertz CT molecular complexity index is 925. The molecule has 0 unspecified atom stereocenters. The van der Waals surface area contributed by atoms with Gasteiger partial charge in [-0.25, -0.2) is 9.97 Å². The van der Waals surface area contributed by atoms with Crippen LogP contribution in [0.1, 0.15) is 25.3 Å². The van der Waals surface area contributed by atoms with E-state index in [4.69, 9.17) is 22.1 Å². The number of nitrogens with zero attached hydrogens (tertiary/aromatic N) is 5. The first-order valence-corrected chi connectivity index (χ1v) is 8.84. The van der Waals surface area contributed by atoms with Crippen LogP contribution in [0.3, 0.4) is 0 Å². The number of piperidine rings is 1. The number of nitrogens with two attached hydrogens (primary N) is 1. The van der Waals surface area contributed by atoms with Gasteiger partial charge in [0.2, 0.25) is 0 Å². The summed E-state index contributed by atoms with van der Waals surface area (Å²) in [4.78, 5) is 15.3. The molecule has 0 bridgehead atoms. The molecule has 136 valence electrons. The van der Waals surface area contributed by atoms with Crippen molar-refractivity contribution in [2.24, 2.45) is 5.73 Å². The highest BCUT2D eigenvalue weighted by molar-refractivity contribution is 6.32. The van der Waals surface area contributed by atoms with Crippen molar-refractivity contribution in [1.82, 2.24) is 25.1 Å². The van der Waals surface area contributed by atoms with Crippen LogP contribution in [-0.2, 0) is 0 Å². The van der Waals surface area contributed by atoms with Gasteiger partial charge in [-0.1, -0.05) is 11.6 Å². The van der Waals surface area contributed by atoms with Crippen LogP contribution >= 0.6 is 11.6 Å². The van der Waals surface area contributed by atoms with E-state index in [2.05, 4.69) is 37.0 Å². The van der Waals surface area contributed by atoms with Crippen LogP contribution in [0.4, 0.5) is 5.82 Å². The first kappa shape index (κ1) is 17.0. The number of pyridine rings is 1. The van der Waals surface area contributed by atoms with E-state index in [-0.39, 0.29) is 5.54 Å². The highest BCUT2D eigenvalue weighted by atomic mass is 35.5. The molecule has 1 aliphatic heterocycles. The molecule has 9 heteroatoms. The van der Waals surface area contributed by atoms with Crippen LogP contribution in [0.5, 0.6) is 11.6 Å². The minimum absolute atomic E-state index is 0.106. The Kier molecular flexibility index (Phi) is 4.16. The summed E-state index contributed by atoms with van der Waals surface area (Å²) in [7, 11) is 0. The summed E-state index contributed by atoms with van der Waals surface area (Å²) in [5, 5.41) is 7.50. The van der Waals surface area contributed by atoms with E-state index in [0.29, 0.717) is 27.8 Å². The predicted octanol–water partition coefficient (Wildman–Crippen LogP) is 2.82. The van der Waals surface area contributed by atoms with Crippen LogP contribution in [0.2, 0.25) is 5.02 Å². The Hall–Kier alpha value is -2.45. The standard InChI is InChI=1S/C17H20ClN7O/c1-10-7-20-8-11(18)14(10)26-16-13-15(23-24-16)22-12(9-21-13)25-5-3-17(2,19)4-6-25/h7-9H,3-6,19H2,1-2H3,(H,22,23,24). The Balaban J connectivity index is 1.60. The van der Waals surface area contributed by atoms with Gasteiger partial charge in [-0.2, -0.15) is 0 Å². The molecule has 0 aromatic carbocycles. The molecule has 0 aliphatic carbocycles. The third-order valence-electron chi connectivity index (χ3n) is 4.69. The van der Waals surface area contributed by atoms with Gasteiger partial charge in [0.25, 0.3) is 5.88 Å². The van der Waals surface area contributed by atoms with Crippen molar-refractivity contribution in [3.63, 3.8) is 0 Å². The molecule has 4 heterocycles. The zero-order chi connectivity index (χ0) is 18.3. The maximum Gasteiger partial charge on any atom is 0.266 e. The van der Waals surface area contributed by atoms with E-state index >= 15 is 0 Å². The molecule has 3 aromatic heterocycles. The molecular weight excluding hydrogens is 354 g/mol. The van der Waals surface area contributed by atoms with Crippen LogP contribution in [0, 0.1) is 6.92 Å². The van der Waals surface area contributed by atoms with Gasteiger partial charge in [-0.15, -0.1) is 5.10 Å². The third-order valence-corrected chi connectivity index (χ3v) is 4.95. The highest BCUT2D eigenvalue weighted by Crippen LogP contribution is 2.33. The van der Waals surface area contributed by atoms with Gasteiger partial charge in [0, 0.05) is 36.6 Å². The second-order valence-corrected chi connectivity index (χ2v) is 7.37. The van der Waals surface area contributed by atoms with Crippen molar-refractivity contribution in [3.8, 4) is 11.6 Å². The average molecular weight is 374 g/mol. The molecule has 0 saturated carbocycles. The summed E-state index contributed by atoms with van der Waals surface area (Å²) in [6.45, 7) is 5.67. The van der Waals surface area contributed by atoms with Crippen LogP contribution in [0.15, 0.2) is 18.6 Å². The zero-order valence-electron chi connectivity index (χ0n) is 14.7. The first-order chi connectivity index (χ1) is 12.4. The van der Waals surface area contributed by atoms with Crippen LogP contribution < -0.4 is 15.4 Å². The number of aromatic nitrogens is 5. The van der Waals surface area contributed by atoms with E-state index in [1.165, 1.54) is 6.20 Å². The van der Waals surface area contributed by atoms with Crippen molar-refractivity contribution in [2.45, 2.75) is 32.2 Å². The van der Waals surface area contributed by atoms with Gasteiger partial charge < -0.3 is 15.4 Å². The number of aryl methyl sites for hydroxylation is 1. The molecule has 3 aromatic rings. The highest BCUT2D eigenvalue weighted by Gasteiger charge is 2.27. The second-order valence-electron chi connectivity index (χ2n) is 6.96. The number of hydrogen-bond acceptors (Lipinski definition) is 7. The normalized spacial score (nSPS) is 16.8. The fraction of sp³-hybridized carbons (Fsp3) is 0.412. The monoisotopic (exact) mass is 373 g/mol. The van der Waals surface area contributed by atoms with Gasteiger partial charge >= 0.3 is 0 Å². The molecule has 0 radical (unpaired) electrons. The molecule has 0 spiro atoms. The SMILES string of the molecule is Cc1cncc(Cl)c1Oc1n[nH]c2nc(N3CCC(C)(N)CC3)cnc12. The van der Waals surface area contributed by atoms with E-state index in [0.717, 1.165) is 37.3 Å². The van der Waals surface area contributed by atoms with Gasteiger partial charge in [-0.3, -0.25) is 10.1 Å². The maximum absolute atomic E-state index is 6.20. The molecule has 3 N–H and O–H groups in total. The smallest absolute Gasteiger partial charge is 0.266 e. The number of ether oxygens (including phenoxy) is 1. The lowest BCUT2D eigenvalue weighted by Crippen LogP contribution is -2.48. The molecule has 1 saturated heterocycles. The fourth-order valence-electron chi connectivity index (χ4n) is 2.99. The topological polar surface area (TPSA) is 106 Å². The van der Waals surface area contributed by atoms with Crippen molar-refractivity contribution in [3.05, 3.63) is 29.2 Å². The average Bonchev–Trinajstić information content (AvgIpc) is 3.00. The predicted molar refractivity (Wildman–Crippen MR) is 99.8 cm³/mol. The minimum atomic E-state index is -0.106. The second kappa shape index (κ2) is 6.37. The summed E-state index contributed by atoms with van der Waals surface area (Å²) in [6.07, 6.45) is 6.80. The molecule has 4 rings (SSSR count). The third kappa shape index (κ3) is 3.17. The van der Waals surface area contributed by atoms with E-state index in [1.54, 1.807) is 12.4 Å². The molecule has 1 fully saturated rings. The lowest BCUT2D eigenvalue weighted by atomic mass is 9.91. The minimum Gasteiger partial charge on any atom is -0.434 e. The lowest BCUT2D eigenvalue weighted by molar-refractivity contribution is 0.363. The summed E-state index contributed by atoms with van der Waals surface area (Å²) >= 11 is 6.17. The zero-order valence-corrected chi connectivity index (χ0v) is 15.4. The molecule has 0 atom stereocenters. The summed E-state index contributed by atoms with van der Waals surface area (Å²) in [6, 6.07) is 0. The fourth-order valence-corrected chi connectivity index (χ4v) is 3.23. The van der Waals surface area contributed by atoms with Gasteiger partial charge in [-0.05, 0) is 26.7 Å². The number of halogens is 1. The summed E-state index contributed by atoms with van der Waals surface area (Å²) in [5.41, 5.74) is 8.04. The Morgan fingerprint density at radius 3 is 2.77 bits per heavy atom. The number of rotatable bonds is 3. The quantitative estimate of drug-likeness (QED) is 0.727. The Labute approximate surface area is 155 Å². The number of aromatic amines is 1. The largest absolute Gasteiger partial charge is 0.434 e. The molecule has 1 aliphatic rings. The van der Waals surface area contributed by atoms with Crippen molar-refractivity contribution < 1.29 is 4.74 Å². The number of hydrogen-bond donors (Lipinski definition) is 2. The number of fused-ring (bicyclic) bond motifs is 1. The number of anilines is 1. The van der Waals surface area contributed by atoms with Crippen molar-refractivity contribution in [1.29, 1.82) is 0 Å². The van der Waals surface area contributed by atoms with E-state index in [9.17, 15) is 0 Å². The van der Waals surface area contributed by atoms with Crippen LogP contribution in [0.25, 0.3) is 11.2 Å². The van der Waals surface area contributed by atoms with Gasteiger partial charge in [0.05, 0.1) is 6.20 Å². The number of H-pyrrole nitrogens is 1. The molecule has 26 heavy (non-hydrogen) atoms. The Morgan fingerprint density at radius 1 is 1.27 bits per heavy atom. The molecular formula is C17H20ClN7O. The van der Waals surface area contributed by atoms with Crippen molar-refractivity contribution >= 4 is 28.6 Å². The van der Waals surface area contributed by atoms with E-state index < -0.39 is 0 Å². The Morgan fingerprint density at radius 2 is 2.04 bits per heavy atom. The summed E-state index contributed by atoms with van der Waals surface area (Å²) in [5.74, 6) is 1.66. The van der Waals surface area contributed by atoms with Gasteiger partial charge in [0.15, 0.2) is 16.9 Å².